The molecule has 1 aliphatic carbocycles. The molecule has 1 aliphatic rings. The largest absolute Gasteiger partial charge is 0.512 e. The number of carbonyl (C=O) groups is 1. The second-order valence-corrected chi connectivity index (χ2v) is 2.50. The van der Waals surface area contributed by atoms with Crippen molar-refractivity contribution in [2.24, 2.45) is 5.73 Å². The van der Waals surface area contributed by atoms with Gasteiger partial charge in [0.25, 0.3) is 0 Å². The first kappa shape index (κ1) is 7.12. The Kier molecular flexibility index (Phi) is 1.94. The number of nitrogens with two attached hydrogens (primary N) is 1. The summed E-state index contributed by atoms with van der Waals surface area (Å²) >= 11 is 0. The normalized spacial score (nSPS) is 19.2. The molecule has 10 heavy (non-hydrogen) atoms. The lowest BCUT2D eigenvalue weighted by molar-refractivity contribution is -0.115. The number of carbonyl (C=O) groups excluding carboxylic acids is 1. The van der Waals surface area contributed by atoms with Gasteiger partial charge in [0.1, 0.15) is 5.76 Å². The van der Waals surface area contributed by atoms with E-state index in [2.05, 4.69) is 0 Å². The Morgan fingerprint density at radius 2 is 2.00 bits per heavy atom. The maximum absolute atomic E-state index is 10.6. The first-order chi connectivity index (χ1) is 4.72. The van der Waals surface area contributed by atoms with Crippen LogP contribution in [-0.2, 0) is 4.79 Å². The number of aliphatic hydroxyl groups excluding tert-OH is 1. The van der Waals surface area contributed by atoms with Gasteiger partial charge in [-0.05, 0) is 19.3 Å². The minimum atomic E-state index is -0.475. The van der Waals surface area contributed by atoms with Gasteiger partial charge in [0.05, 0.1) is 5.57 Å². The highest BCUT2D eigenvalue weighted by atomic mass is 16.3. The SMILES string of the molecule is NC(=O)C1=C(O)CCCC1. The van der Waals surface area contributed by atoms with E-state index in [4.69, 9.17) is 10.8 Å². The second-order valence-electron chi connectivity index (χ2n) is 2.50. The molecule has 0 aromatic carbocycles. The fraction of sp³-hybridized carbons (Fsp3) is 0.571. The molecule has 0 saturated carbocycles. The number of hydrogen-bond acceptors (Lipinski definition) is 2. The number of aliphatic hydroxyl groups is 1. The Balaban J connectivity index is 2.78. The third-order valence-corrected chi connectivity index (χ3v) is 1.74. The zero-order valence-corrected chi connectivity index (χ0v) is 5.76. The molecule has 56 valence electrons. The standard InChI is InChI=1S/C7H11NO2/c8-7(10)5-3-1-2-4-6(5)9/h9H,1-4H2,(H2,8,10). The van der Waals surface area contributed by atoms with E-state index in [1.165, 1.54) is 0 Å². The summed E-state index contributed by atoms with van der Waals surface area (Å²) in [6, 6.07) is 0. The molecular formula is C7H11NO2. The van der Waals surface area contributed by atoms with E-state index in [0.29, 0.717) is 18.4 Å². The summed E-state index contributed by atoms with van der Waals surface area (Å²) in [7, 11) is 0. The van der Waals surface area contributed by atoms with Crippen LogP contribution < -0.4 is 5.73 Å². The summed E-state index contributed by atoms with van der Waals surface area (Å²) in [5.74, 6) is -0.282. The average Bonchev–Trinajstić information content (AvgIpc) is 1.88. The Hall–Kier alpha value is -0.990. The molecule has 0 bridgehead atoms. The summed E-state index contributed by atoms with van der Waals surface area (Å²) < 4.78 is 0. The fourth-order valence-electron chi connectivity index (χ4n) is 1.15. The van der Waals surface area contributed by atoms with Crippen LogP contribution in [0.2, 0.25) is 0 Å². The van der Waals surface area contributed by atoms with Crippen LogP contribution in [0.25, 0.3) is 0 Å². The quantitative estimate of drug-likeness (QED) is 0.568. The Bertz CT molecular complexity index is 184. The van der Waals surface area contributed by atoms with E-state index in [1.54, 1.807) is 0 Å². The maximum Gasteiger partial charge on any atom is 0.247 e. The summed E-state index contributed by atoms with van der Waals surface area (Å²) in [5, 5.41) is 9.12. The van der Waals surface area contributed by atoms with Gasteiger partial charge in [0.15, 0.2) is 0 Å². The van der Waals surface area contributed by atoms with E-state index in [0.717, 1.165) is 12.8 Å². The van der Waals surface area contributed by atoms with Crippen molar-refractivity contribution in [3.63, 3.8) is 0 Å². The van der Waals surface area contributed by atoms with Gasteiger partial charge >= 0.3 is 0 Å². The third-order valence-electron chi connectivity index (χ3n) is 1.74. The monoisotopic (exact) mass is 141 g/mol. The van der Waals surface area contributed by atoms with Gasteiger partial charge < -0.3 is 10.8 Å². The topological polar surface area (TPSA) is 63.3 Å². The van der Waals surface area contributed by atoms with Crippen molar-refractivity contribution in [1.29, 1.82) is 0 Å². The van der Waals surface area contributed by atoms with E-state index in [1.807, 2.05) is 0 Å². The Labute approximate surface area is 59.5 Å². The molecule has 3 nitrogen and oxygen atoms in total. The van der Waals surface area contributed by atoms with Crippen LogP contribution in [-0.4, -0.2) is 11.0 Å². The van der Waals surface area contributed by atoms with Crippen molar-refractivity contribution in [2.45, 2.75) is 25.7 Å². The maximum atomic E-state index is 10.6. The van der Waals surface area contributed by atoms with Gasteiger partial charge in [-0.2, -0.15) is 0 Å². The van der Waals surface area contributed by atoms with Gasteiger partial charge in [0.2, 0.25) is 5.91 Å². The minimum absolute atomic E-state index is 0.193. The zero-order valence-electron chi connectivity index (χ0n) is 5.76. The molecule has 1 amide bonds. The van der Waals surface area contributed by atoms with E-state index in [-0.39, 0.29) is 5.76 Å². The predicted octanol–water partition coefficient (Wildman–Crippen LogP) is 0.858. The molecule has 0 radical (unpaired) electrons. The fourth-order valence-corrected chi connectivity index (χ4v) is 1.15. The van der Waals surface area contributed by atoms with Gasteiger partial charge in [0, 0.05) is 6.42 Å². The average molecular weight is 141 g/mol. The van der Waals surface area contributed by atoms with E-state index < -0.39 is 5.91 Å². The smallest absolute Gasteiger partial charge is 0.247 e. The highest BCUT2D eigenvalue weighted by molar-refractivity contribution is 5.92. The highest BCUT2D eigenvalue weighted by Gasteiger charge is 2.15. The summed E-state index contributed by atoms with van der Waals surface area (Å²) in [5.41, 5.74) is 5.42. The number of allylic oxidation sites excluding steroid dienone is 1. The number of amides is 1. The number of hydrogen-bond donors (Lipinski definition) is 2. The minimum Gasteiger partial charge on any atom is -0.512 e. The van der Waals surface area contributed by atoms with Crippen molar-refractivity contribution >= 4 is 5.91 Å². The van der Waals surface area contributed by atoms with Crippen LogP contribution in [0.3, 0.4) is 0 Å². The second kappa shape index (κ2) is 2.73. The molecule has 1 rings (SSSR count). The van der Waals surface area contributed by atoms with Gasteiger partial charge in [-0.1, -0.05) is 0 Å². The van der Waals surface area contributed by atoms with Gasteiger partial charge in [-0.3, -0.25) is 4.79 Å². The van der Waals surface area contributed by atoms with Crippen molar-refractivity contribution in [2.75, 3.05) is 0 Å². The molecule has 0 fully saturated rings. The summed E-state index contributed by atoms with van der Waals surface area (Å²) in [4.78, 5) is 10.6. The van der Waals surface area contributed by atoms with Gasteiger partial charge in [-0.15, -0.1) is 0 Å². The molecule has 0 spiro atoms. The molecule has 0 atom stereocenters. The third kappa shape index (κ3) is 1.29. The first-order valence-corrected chi connectivity index (χ1v) is 3.42. The summed E-state index contributed by atoms with van der Waals surface area (Å²) in [6.07, 6.45) is 3.17. The van der Waals surface area contributed by atoms with Crippen molar-refractivity contribution in [3.05, 3.63) is 11.3 Å². The molecule has 0 aromatic heterocycles. The Morgan fingerprint density at radius 3 is 2.40 bits per heavy atom. The van der Waals surface area contributed by atoms with Crippen molar-refractivity contribution < 1.29 is 9.90 Å². The van der Waals surface area contributed by atoms with E-state index >= 15 is 0 Å². The molecule has 0 saturated heterocycles. The van der Waals surface area contributed by atoms with Crippen molar-refractivity contribution in [3.8, 4) is 0 Å². The van der Waals surface area contributed by atoms with Crippen molar-refractivity contribution in [1.82, 2.24) is 0 Å². The van der Waals surface area contributed by atoms with Gasteiger partial charge in [-0.25, -0.2) is 0 Å². The molecule has 0 aromatic rings. The molecular weight excluding hydrogens is 130 g/mol. The van der Waals surface area contributed by atoms with Crippen LogP contribution in [0.15, 0.2) is 11.3 Å². The van der Waals surface area contributed by atoms with Crippen LogP contribution in [0.1, 0.15) is 25.7 Å². The zero-order chi connectivity index (χ0) is 7.56. The van der Waals surface area contributed by atoms with Crippen LogP contribution in [0, 0.1) is 0 Å². The highest BCUT2D eigenvalue weighted by Crippen LogP contribution is 2.21. The molecule has 0 aliphatic heterocycles. The van der Waals surface area contributed by atoms with Crippen LogP contribution >= 0.6 is 0 Å². The van der Waals surface area contributed by atoms with Crippen LogP contribution in [0.4, 0.5) is 0 Å². The Morgan fingerprint density at radius 1 is 1.40 bits per heavy atom. The van der Waals surface area contributed by atoms with Crippen LogP contribution in [0.5, 0.6) is 0 Å². The number of rotatable bonds is 1. The predicted molar refractivity (Wildman–Crippen MR) is 37.3 cm³/mol. The molecule has 0 heterocycles. The molecule has 3 heteroatoms. The lowest BCUT2D eigenvalue weighted by Crippen LogP contribution is -2.17. The molecule has 0 unspecified atom stereocenters. The lowest BCUT2D eigenvalue weighted by Gasteiger charge is -2.12. The lowest BCUT2D eigenvalue weighted by atomic mass is 9.97. The van der Waals surface area contributed by atoms with E-state index in [9.17, 15) is 4.79 Å². The number of primary amides is 1. The first-order valence-electron chi connectivity index (χ1n) is 3.42. The molecule has 3 N–H and O–H groups in total. The summed E-state index contributed by atoms with van der Waals surface area (Å²) in [6.45, 7) is 0.